The van der Waals surface area contributed by atoms with E-state index in [0.717, 1.165) is 0 Å². The third kappa shape index (κ3) is 1.74. The number of pyridine rings is 1. The number of rotatable bonds is 1. The molecule has 3 N–H and O–H groups in total. The molecule has 0 radical (unpaired) electrons. The number of phenolic OH excluding ortho intramolecular Hbond substituents is 1. The minimum absolute atomic E-state index is 0.0793. The maximum Gasteiger partial charge on any atom is 0.127 e. The molecule has 4 heteroatoms. The molecule has 2 aromatic rings. The lowest BCUT2D eigenvalue weighted by atomic mass is 10.1. The van der Waals surface area contributed by atoms with Gasteiger partial charge in [0.15, 0.2) is 0 Å². The van der Waals surface area contributed by atoms with Crippen LogP contribution in [0, 0.1) is 0 Å². The summed E-state index contributed by atoms with van der Waals surface area (Å²) < 4.78 is 0. The second-order valence-corrected chi connectivity index (χ2v) is 3.48. The minimum atomic E-state index is 0.0793. The van der Waals surface area contributed by atoms with Gasteiger partial charge < -0.3 is 10.8 Å². The third-order valence-electron chi connectivity index (χ3n) is 2.07. The van der Waals surface area contributed by atoms with Gasteiger partial charge in [0.05, 0.1) is 16.3 Å². The topological polar surface area (TPSA) is 59.1 Å². The Hall–Kier alpha value is -1.74. The standard InChI is InChI=1S/C11H9ClN2O/c12-7-3-2-6-14-11(7)10-8(13)4-1-5-9(10)15/h1-6,15H,13H2. The van der Waals surface area contributed by atoms with Crippen molar-refractivity contribution in [2.45, 2.75) is 0 Å². The molecule has 1 heterocycles. The van der Waals surface area contributed by atoms with Crippen LogP contribution >= 0.6 is 11.6 Å². The Labute approximate surface area is 92.1 Å². The summed E-state index contributed by atoms with van der Waals surface area (Å²) in [6.07, 6.45) is 1.60. The quantitative estimate of drug-likeness (QED) is 0.727. The number of nitrogen functional groups attached to an aromatic ring is 1. The Morgan fingerprint density at radius 2 is 2.00 bits per heavy atom. The van der Waals surface area contributed by atoms with Crippen molar-refractivity contribution in [3.8, 4) is 17.0 Å². The van der Waals surface area contributed by atoms with Crippen LogP contribution in [-0.2, 0) is 0 Å². The summed E-state index contributed by atoms with van der Waals surface area (Å²) in [6.45, 7) is 0. The summed E-state index contributed by atoms with van der Waals surface area (Å²) in [5.74, 6) is 0.0793. The SMILES string of the molecule is Nc1cccc(O)c1-c1ncccc1Cl. The Kier molecular flexibility index (Phi) is 2.47. The summed E-state index contributed by atoms with van der Waals surface area (Å²) in [6, 6.07) is 8.35. The Balaban J connectivity index is 2.69. The fourth-order valence-electron chi connectivity index (χ4n) is 1.39. The first-order chi connectivity index (χ1) is 7.20. The number of anilines is 1. The molecule has 15 heavy (non-hydrogen) atoms. The zero-order chi connectivity index (χ0) is 10.8. The summed E-state index contributed by atoms with van der Waals surface area (Å²) in [5.41, 5.74) is 7.19. The third-order valence-corrected chi connectivity index (χ3v) is 2.37. The van der Waals surface area contributed by atoms with E-state index < -0.39 is 0 Å². The number of phenols is 1. The monoisotopic (exact) mass is 220 g/mol. The van der Waals surface area contributed by atoms with E-state index >= 15 is 0 Å². The van der Waals surface area contributed by atoms with Crippen LogP contribution in [0.1, 0.15) is 0 Å². The second-order valence-electron chi connectivity index (χ2n) is 3.08. The summed E-state index contributed by atoms with van der Waals surface area (Å²) in [5, 5.41) is 10.2. The Morgan fingerprint density at radius 3 is 2.67 bits per heavy atom. The van der Waals surface area contributed by atoms with Crippen molar-refractivity contribution in [2.75, 3.05) is 5.73 Å². The fraction of sp³-hybridized carbons (Fsp3) is 0. The largest absolute Gasteiger partial charge is 0.507 e. The molecule has 0 aliphatic heterocycles. The molecule has 3 nitrogen and oxygen atoms in total. The zero-order valence-corrected chi connectivity index (χ0v) is 8.57. The van der Waals surface area contributed by atoms with Crippen LogP contribution in [0.2, 0.25) is 5.02 Å². The van der Waals surface area contributed by atoms with Crippen LogP contribution in [0.25, 0.3) is 11.3 Å². The normalized spacial score (nSPS) is 10.2. The van der Waals surface area contributed by atoms with Crippen molar-refractivity contribution in [3.05, 3.63) is 41.6 Å². The first-order valence-electron chi connectivity index (χ1n) is 4.38. The van der Waals surface area contributed by atoms with Gasteiger partial charge in [-0.3, -0.25) is 4.98 Å². The number of hydrogen-bond acceptors (Lipinski definition) is 3. The average molecular weight is 221 g/mol. The highest BCUT2D eigenvalue weighted by molar-refractivity contribution is 6.33. The maximum atomic E-state index is 9.69. The summed E-state index contributed by atoms with van der Waals surface area (Å²) in [4.78, 5) is 4.10. The van der Waals surface area contributed by atoms with E-state index in [-0.39, 0.29) is 5.75 Å². The van der Waals surface area contributed by atoms with Crippen LogP contribution in [0.3, 0.4) is 0 Å². The lowest BCUT2D eigenvalue weighted by Gasteiger charge is -2.08. The lowest BCUT2D eigenvalue weighted by molar-refractivity contribution is 0.477. The maximum absolute atomic E-state index is 9.69. The van der Waals surface area contributed by atoms with Crippen molar-refractivity contribution in [1.29, 1.82) is 0 Å². The molecule has 0 aliphatic carbocycles. The van der Waals surface area contributed by atoms with Crippen LogP contribution < -0.4 is 5.73 Å². The van der Waals surface area contributed by atoms with Gasteiger partial charge in [0.2, 0.25) is 0 Å². The molecule has 1 aromatic carbocycles. The van der Waals surface area contributed by atoms with Gasteiger partial charge in [-0.05, 0) is 24.3 Å². The molecular weight excluding hydrogens is 212 g/mol. The van der Waals surface area contributed by atoms with E-state index in [9.17, 15) is 5.11 Å². The van der Waals surface area contributed by atoms with Gasteiger partial charge >= 0.3 is 0 Å². The number of nitrogens with zero attached hydrogens (tertiary/aromatic N) is 1. The van der Waals surface area contributed by atoms with E-state index in [0.29, 0.717) is 22.0 Å². The molecule has 0 bridgehead atoms. The smallest absolute Gasteiger partial charge is 0.127 e. The van der Waals surface area contributed by atoms with Gasteiger partial charge in [0.1, 0.15) is 5.75 Å². The number of benzene rings is 1. The zero-order valence-electron chi connectivity index (χ0n) is 7.81. The molecule has 0 amide bonds. The van der Waals surface area contributed by atoms with E-state index in [1.165, 1.54) is 0 Å². The number of aromatic hydroxyl groups is 1. The van der Waals surface area contributed by atoms with E-state index in [1.54, 1.807) is 36.5 Å². The number of aromatic nitrogens is 1. The second kappa shape index (κ2) is 3.79. The predicted molar refractivity (Wildman–Crippen MR) is 60.8 cm³/mol. The highest BCUT2D eigenvalue weighted by Gasteiger charge is 2.12. The lowest BCUT2D eigenvalue weighted by Crippen LogP contribution is -1.92. The van der Waals surface area contributed by atoms with Gasteiger partial charge in [-0.25, -0.2) is 0 Å². The van der Waals surface area contributed by atoms with Crippen molar-refractivity contribution in [3.63, 3.8) is 0 Å². The highest BCUT2D eigenvalue weighted by Crippen LogP contribution is 2.36. The first kappa shape index (κ1) is 9.80. The van der Waals surface area contributed by atoms with Crippen LogP contribution in [-0.4, -0.2) is 10.1 Å². The average Bonchev–Trinajstić information content (AvgIpc) is 2.20. The molecule has 0 fully saturated rings. The highest BCUT2D eigenvalue weighted by atomic mass is 35.5. The molecule has 2 rings (SSSR count). The van der Waals surface area contributed by atoms with Crippen molar-refractivity contribution in [1.82, 2.24) is 4.98 Å². The van der Waals surface area contributed by atoms with Crippen molar-refractivity contribution < 1.29 is 5.11 Å². The molecule has 0 saturated carbocycles. The first-order valence-corrected chi connectivity index (χ1v) is 4.76. The van der Waals surface area contributed by atoms with Crippen LogP contribution in [0.15, 0.2) is 36.5 Å². The Bertz CT molecular complexity index is 479. The van der Waals surface area contributed by atoms with Gasteiger partial charge in [0.25, 0.3) is 0 Å². The molecule has 0 unspecified atom stereocenters. The number of hydrogen-bond donors (Lipinski definition) is 2. The Morgan fingerprint density at radius 1 is 1.20 bits per heavy atom. The van der Waals surface area contributed by atoms with Gasteiger partial charge in [-0.2, -0.15) is 0 Å². The van der Waals surface area contributed by atoms with Gasteiger partial charge in [-0.1, -0.05) is 17.7 Å². The molecule has 0 aliphatic rings. The van der Waals surface area contributed by atoms with E-state index in [4.69, 9.17) is 17.3 Å². The molecule has 1 aromatic heterocycles. The van der Waals surface area contributed by atoms with Gasteiger partial charge in [-0.15, -0.1) is 0 Å². The van der Waals surface area contributed by atoms with E-state index in [1.807, 2.05) is 0 Å². The fourth-order valence-corrected chi connectivity index (χ4v) is 1.60. The van der Waals surface area contributed by atoms with Gasteiger partial charge in [0, 0.05) is 11.9 Å². The molecule has 76 valence electrons. The van der Waals surface area contributed by atoms with E-state index in [2.05, 4.69) is 4.98 Å². The predicted octanol–water partition coefficient (Wildman–Crippen LogP) is 2.69. The summed E-state index contributed by atoms with van der Waals surface area (Å²) >= 11 is 5.97. The molecular formula is C11H9ClN2O. The number of halogens is 1. The molecule has 0 atom stereocenters. The van der Waals surface area contributed by atoms with Crippen LogP contribution in [0.5, 0.6) is 5.75 Å². The van der Waals surface area contributed by atoms with Crippen molar-refractivity contribution in [2.24, 2.45) is 0 Å². The van der Waals surface area contributed by atoms with Crippen molar-refractivity contribution >= 4 is 17.3 Å². The van der Waals surface area contributed by atoms with Crippen LogP contribution in [0.4, 0.5) is 5.69 Å². The number of nitrogens with two attached hydrogens (primary N) is 1. The molecule has 0 spiro atoms. The minimum Gasteiger partial charge on any atom is -0.507 e. The summed E-state index contributed by atoms with van der Waals surface area (Å²) in [7, 11) is 0. The molecule has 0 saturated heterocycles.